The fourth-order valence-electron chi connectivity index (χ4n) is 4.95. The van der Waals surface area contributed by atoms with Crippen LogP contribution < -0.4 is 11.1 Å². The summed E-state index contributed by atoms with van der Waals surface area (Å²) in [7, 11) is -2.58. The van der Waals surface area contributed by atoms with Crippen LogP contribution >= 0.6 is 0 Å². The zero-order chi connectivity index (χ0) is 29.6. The minimum Gasteiger partial charge on any atom is -0.383 e. The van der Waals surface area contributed by atoms with Crippen LogP contribution in [0.3, 0.4) is 0 Å². The number of imidazole rings is 1. The number of nitrogen functional groups attached to an aromatic ring is 1. The van der Waals surface area contributed by atoms with Crippen molar-refractivity contribution in [3.63, 3.8) is 0 Å². The van der Waals surface area contributed by atoms with Gasteiger partial charge in [-0.3, -0.25) is 4.79 Å². The molecule has 0 bridgehead atoms. The monoisotopic (exact) mass is 583 g/mol. The highest BCUT2D eigenvalue weighted by Crippen LogP contribution is 2.31. The number of aryl methyl sites for hydroxylation is 2. The summed E-state index contributed by atoms with van der Waals surface area (Å²) >= 11 is 0. The van der Waals surface area contributed by atoms with Crippen LogP contribution in [0.5, 0.6) is 0 Å². The van der Waals surface area contributed by atoms with E-state index in [1.807, 2.05) is 32.0 Å². The van der Waals surface area contributed by atoms with Crippen LogP contribution in [0.2, 0.25) is 0 Å². The van der Waals surface area contributed by atoms with E-state index in [1.54, 1.807) is 43.5 Å². The molecular formula is C30H29N7O4S. The molecule has 0 spiro atoms. The predicted molar refractivity (Wildman–Crippen MR) is 162 cm³/mol. The number of aromatic amines is 1. The lowest BCUT2D eigenvalue weighted by Crippen LogP contribution is -2.19. The predicted octanol–water partition coefficient (Wildman–Crippen LogP) is 4.43. The van der Waals surface area contributed by atoms with E-state index >= 15 is 0 Å². The molecule has 6 aromatic rings. The fourth-order valence-corrected chi connectivity index (χ4v) is 6.45. The lowest BCUT2D eigenvalue weighted by Gasteiger charge is -2.13. The zero-order valence-electron chi connectivity index (χ0n) is 23.2. The van der Waals surface area contributed by atoms with Crippen molar-refractivity contribution in [2.45, 2.75) is 18.7 Å². The summed E-state index contributed by atoms with van der Waals surface area (Å²) in [6.45, 7) is 4.74. The van der Waals surface area contributed by atoms with Gasteiger partial charge in [0.15, 0.2) is 0 Å². The van der Waals surface area contributed by atoms with Crippen molar-refractivity contribution in [2.24, 2.45) is 0 Å². The number of H-pyrrole nitrogens is 1. The summed E-state index contributed by atoms with van der Waals surface area (Å²) in [6, 6.07) is 18.9. The van der Waals surface area contributed by atoms with Crippen molar-refractivity contribution < 1.29 is 17.9 Å². The van der Waals surface area contributed by atoms with E-state index in [1.165, 1.54) is 23.0 Å². The van der Waals surface area contributed by atoms with Gasteiger partial charge < -0.3 is 20.8 Å². The third-order valence-corrected chi connectivity index (χ3v) is 8.81. The summed E-state index contributed by atoms with van der Waals surface area (Å²) in [4.78, 5) is 21.7. The van der Waals surface area contributed by atoms with E-state index in [4.69, 9.17) is 10.5 Å². The molecule has 0 unspecified atom stereocenters. The van der Waals surface area contributed by atoms with Gasteiger partial charge in [0.2, 0.25) is 5.78 Å². The molecule has 3 aromatic heterocycles. The van der Waals surface area contributed by atoms with E-state index in [0.717, 1.165) is 26.4 Å². The Balaban J connectivity index is 1.48. The van der Waals surface area contributed by atoms with Crippen molar-refractivity contribution >= 4 is 49.2 Å². The maximum absolute atomic E-state index is 14.1. The Kier molecular flexibility index (Phi) is 6.79. The summed E-state index contributed by atoms with van der Waals surface area (Å²) in [6.07, 6.45) is 1.36. The SMILES string of the molecule is COCCNc1ccc2cc(C(=O)c3cnn(-c4ccc5nc(C)[nH]c5c4)c3N)n(S(=O)(=O)c3ccc(C)cc3)c2c1. The first kappa shape index (κ1) is 27.2. The van der Waals surface area contributed by atoms with E-state index in [-0.39, 0.29) is 22.0 Å². The molecule has 0 aliphatic heterocycles. The van der Waals surface area contributed by atoms with Gasteiger partial charge in [-0.25, -0.2) is 22.1 Å². The summed E-state index contributed by atoms with van der Waals surface area (Å²) in [5.74, 6) is 0.283. The van der Waals surface area contributed by atoms with Crippen LogP contribution in [0, 0.1) is 13.8 Å². The number of aromatic nitrogens is 5. The Hall–Kier alpha value is -4.94. The number of carbonyl (C=O) groups is 1. The number of nitrogens with zero attached hydrogens (tertiary/aromatic N) is 4. The average molecular weight is 584 g/mol. The highest BCUT2D eigenvalue weighted by molar-refractivity contribution is 7.90. The molecular weight excluding hydrogens is 554 g/mol. The molecule has 4 N–H and O–H groups in total. The van der Waals surface area contributed by atoms with E-state index in [9.17, 15) is 13.2 Å². The molecule has 214 valence electrons. The molecule has 12 heteroatoms. The summed E-state index contributed by atoms with van der Waals surface area (Å²) in [5, 5.41) is 8.17. The maximum Gasteiger partial charge on any atom is 0.268 e. The molecule has 11 nitrogen and oxygen atoms in total. The number of hydrogen-bond donors (Lipinski definition) is 3. The third-order valence-electron chi connectivity index (χ3n) is 7.07. The van der Waals surface area contributed by atoms with Gasteiger partial charge in [0, 0.05) is 24.7 Å². The van der Waals surface area contributed by atoms with Crippen LogP contribution in [-0.2, 0) is 14.8 Å². The van der Waals surface area contributed by atoms with Crippen LogP contribution in [0.25, 0.3) is 27.6 Å². The molecule has 0 saturated heterocycles. The van der Waals surface area contributed by atoms with Crippen molar-refractivity contribution in [2.75, 3.05) is 31.3 Å². The summed E-state index contributed by atoms with van der Waals surface area (Å²) in [5.41, 5.74) is 10.7. The Morgan fingerprint density at radius 3 is 2.60 bits per heavy atom. The third kappa shape index (κ3) is 4.70. The topological polar surface area (TPSA) is 150 Å². The van der Waals surface area contributed by atoms with Gasteiger partial charge in [-0.05, 0) is 62.4 Å². The van der Waals surface area contributed by atoms with Crippen LogP contribution in [0.1, 0.15) is 27.4 Å². The number of ketones is 1. The number of hydrogen-bond acceptors (Lipinski definition) is 8. The molecule has 0 saturated carbocycles. The molecule has 0 radical (unpaired) electrons. The minimum absolute atomic E-state index is 0.0505. The number of fused-ring (bicyclic) bond motifs is 2. The highest BCUT2D eigenvalue weighted by atomic mass is 32.2. The Morgan fingerprint density at radius 2 is 1.83 bits per heavy atom. The molecule has 0 aliphatic carbocycles. The largest absolute Gasteiger partial charge is 0.383 e. The zero-order valence-corrected chi connectivity index (χ0v) is 24.1. The lowest BCUT2D eigenvalue weighted by atomic mass is 10.1. The van der Waals surface area contributed by atoms with Crippen LogP contribution in [0.4, 0.5) is 11.5 Å². The highest BCUT2D eigenvalue weighted by Gasteiger charge is 2.29. The smallest absolute Gasteiger partial charge is 0.268 e. The number of anilines is 2. The number of benzene rings is 3. The number of rotatable bonds is 9. The number of carbonyl (C=O) groups excluding carboxylic acids is 1. The lowest BCUT2D eigenvalue weighted by molar-refractivity contribution is 0.103. The second-order valence-corrected chi connectivity index (χ2v) is 11.8. The second-order valence-electron chi connectivity index (χ2n) is 10.0. The first-order chi connectivity index (χ1) is 20.2. The van der Waals surface area contributed by atoms with Crippen LogP contribution in [-0.4, -0.2) is 58.2 Å². The molecule has 3 heterocycles. The second kappa shape index (κ2) is 10.5. The Bertz CT molecular complexity index is 2070. The number of ether oxygens (including phenoxy) is 1. The van der Waals surface area contributed by atoms with Gasteiger partial charge >= 0.3 is 0 Å². The van der Waals surface area contributed by atoms with E-state index in [0.29, 0.717) is 35.4 Å². The van der Waals surface area contributed by atoms with Crippen molar-refractivity contribution in [3.05, 3.63) is 95.6 Å². The molecule has 0 atom stereocenters. The van der Waals surface area contributed by atoms with Gasteiger partial charge in [0.05, 0.1) is 45.5 Å². The normalized spacial score (nSPS) is 11.9. The molecule has 0 aliphatic rings. The number of methoxy groups -OCH3 is 1. The maximum atomic E-state index is 14.1. The van der Waals surface area contributed by atoms with Gasteiger partial charge in [0.1, 0.15) is 17.3 Å². The number of nitrogens with one attached hydrogen (secondary N) is 2. The fraction of sp³-hybridized carbons (Fsp3) is 0.167. The summed E-state index contributed by atoms with van der Waals surface area (Å²) < 4.78 is 35.8. The molecule has 0 fully saturated rings. The number of nitrogens with two attached hydrogens (primary N) is 1. The molecule has 42 heavy (non-hydrogen) atoms. The Labute approximate surface area is 242 Å². The minimum atomic E-state index is -4.18. The molecule has 6 rings (SSSR count). The van der Waals surface area contributed by atoms with Gasteiger partial charge in [-0.2, -0.15) is 5.10 Å². The molecule has 0 amide bonds. The van der Waals surface area contributed by atoms with Gasteiger partial charge in [-0.15, -0.1) is 0 Å². The van der Waals surface area contributed by atoms with Crippen molar-refractivity contribution in [3.8, 4) is 5.69 Å². The van der Waals surface area contributed by atoms with E-state index in [2.05, 4.69) is 20.4 Å². The van der Waals surface area contributed by atoms with E-state index < -0.39 is 15.8 Å². The van der Waals surface area contributed by atoms with Crippen molar-refractivity contribution in [1.82, 2.24) is 23.7 Å². The van der Waals surface area contributed by atoms with Gasteiger partial charge in [-0.1, -0.05) is 23.8 Å². The van der Waals surface area contributed by atoms with Crippen molar-refractivity contribution in [1.29, 1.82) is 0 Å². The average Bonchev–Trinajstić information content (AvgIpc) is 3.66. The van der Waals surface area contributed by atoms with Gasteiger partial charge in [0.25, 0.3) is 10.0 Å². The Morgan fingerprint density at radius 1 is 1.05 bits per heavy atom. The first-order valence-corrected chi connectivity index (χ1v) is 14.7. The quantitative estimate of drug-likeness (QED) is 0.167. The standard InChI is InChI=1S/C30H29N7O4S/c1-18-4-9-23(10-5-18)42(39,40)37-27-15-21(32-12-13-41-3)7-6-20(27)14-28(37)29(38)24-17-33-36(30(24)31)22-8-11-25-26(16-22)35-19(2)34-25/h4-11,14-17,32H,12-13,31H2,1-3H3,(H,34,35). The first-order valence-electron chi connectivity index (χ1n) is 13.2. The molecule has 3 aromatic carbocycles. The van der Waals surface area contributed by atoms with Crippen LogP contribution in [0.15, 0.2) is 77.8 Å².